The van der Waals surface area contributed by atoms with E-state index in [1.54, 1.807) is 36.6 Å². The third-order valence-electron chi connectivity index (χ3n) is 3.20. The predicted octanol–water partition coefficient (Wildman–Crippen LogP) is 2.17. The summed E-state index contributed by atoms with van der Waals surface area (Å²) < 4.78 is 15.3. The fourth-order valence-electron chi connectivity index (χ4n) is 2.00. The minimum absolute atomic E-state index is 0.0541. The number of amides is 1. The van der Waals surface area contributed by atoms with Gasteiger partial charge in [0.15, 0.2) is 18.1 Å². The lowest BCUT2D eigenvalue weighted by molar-refractivity contribution is -0.147. The Morgan fingerprint density at radius 3 is 2.58 bits per heavy atom. The Morgan fingerprint density at radius 1 is 1.12 bits per heavy atom. The number of nitrogens with one attached hydrogen (secondary N) is 1. The lowest BCUT2D eigenvalue weighted by Crippen LogP contribution is -2.28. The van der Waals surface area contributed by atoms with Crippen LogP contribution in [0.15, 0.2) is 35.7 Å². The van der Waals surface area contributed by atoms with Crippen molar-refractivity contribution < 1.29 is 23.8 Å². The lowest BCUT2D eigenvalue weighted by Gasteiger charge is -2.09. The van der Waals surface area contributed by atoms with E-state index in [0.717, 1.165) is 10.4 Å². The van der Waals surface area contributed by atoms with Crippen LogP contribution in [0.1, 0.15) is 10.4 Å². The van der Waals surface area contributed by atoms with E-state index in [2.05, 4.69) is 5.32 Å². The molecule has 7 heteroatoms. The molecule has 2 rings (SSSR count). The number of esters is 1. The van der Waals surface area contributed by atoms with Gasteiger partial charge in [-0.25, -0.2) is 0 Å². The zero-order chi connectivity index (χ0) is 17.4. The van der Waals surface area contributed by atoms with Crippen LogP contribution in [-0.4, -0.2) is 32.7 Å². The van der Waals surface area contributed by atoms with Crippen LogP contribution in [-0.2, 0) is 27.3 Å². The van der Waals surface area contributed by atoms with Gasteiger partial charge in [-0.3, -0.25) is 9.59 Å². The first-order valence-corrected chi connectivity index (χ1v) is 8.16. The molecule has 2 aromatic rings. The number of carbonyl (C=O) groups excluding carboxylic acids is 2. The maximum absolute atomic E-state index is 11.8. The fraction of sp³-hybridized carbons (Fsp3) is 0.294. The number of hydrogen-bond acceptors (Lipinski definition) is 6. The van der Waals surface area contributed by atoms with Crippen LogP contribution in [0.25, 0.3) is 0 Å². The van der Waals surface area contributed by atoms with Crippen molar-refractivity contribution in [1.29, 1.82) is 0 Å². The minimum atomic E-state index is -0.478. The zero-order valence-electron chi connectivity index (χ0n) is 13.5. The molecule has 0 spiro atoms. The normalized spacial score (nSPS) is 10.1. The van der Waals surface area contributed by atoms with Gasteiger partial charge in [-0.05, 0) is 29.1 Å². The van der Waals surface area contributed by atoms with Crippen molar-refractivity contribution >= 4 is 23.2 Å². The Hall–Kier alpha value is -2.54. The zero-order valence-corrected chi connectivity index (χ0v) is 14.4. The molecule has 0 unspecified atom stereocenters. The number of thiophene rings is 1. The Kier molecular flexibility index (Phi) is 6.62. The summed E-state index contributed by atoms with van der Waals surface area (Å²) >= 11 is 1.55. The second kappa shape index (κ2) is 8.93. The van der Waals surface area contributed by atoms with Gasteiger partial charge < -0.3 is 19.5 Å². The molecule has 0 saturated heterocycles. The first kappa shape index (κ1) is 17.8. The van der Waals surface area contributed by atoms with Gasteiger partial charge in [-0.2, -0.15) is 0 Å². The largest absolute Gasteiger partial charge is 0.493 e. The summed E-state index contributed by atoms with van der Waals surface area (Å²) in [5.74, 6) is 0.316. The second-order valence-electron chi connectivity index (χ2n) is 4.88. The summed E-state index contributed by atoms with van der Waals surface area (Å²) in [6.07, 6.45) is 0.0541. The smallest absolute Gasteiger partial charge is 0.310 e. The molecule has 0 bridgehead atoms. The monoisotopic (exact) mass is 349 g/mol. The molecule has 0 radical (unpaired) electrons. The van der Waals surface area contributed by atoms with E-state index >= 15 is 0 Å². The Balaban J connectivity index is 1.77. The van der Waals surface area contributed by atoms with E-state index in [4.69, 9.17) is 14.2 Å². The molecular weight excluding hydrogens is 330 g/mol. The van der Waals surface area contributed by atoms with Gasteiger partial charge in [0.25, 0.3) is 5.91 Å². The van der Waals surface area contributed by atoms with Crippen molar-refractivity contribution in [2.75, 3.05) is 20.8 Å². The minimum Gasteiger partial charge on any atom is -0.493 e. The average molecular weight is 349 g/mol. The van der Waals surface area contributed by atoms with Gasteiger partial charge >= 0.3 is 5.97 Å². The molecular formula is C17H19NO5S. The van der Waals surface area contributed by atoms with Crippen molar-refractivity contribution in [3.05, 3.63) is 46.2 Å². The molecule has 24 heavy (non-hydrogen) atoms. The highest BCUT2D eigenvalue weighted by Crippen LogP contribution is 2.27. The number of ether oxygens (including phenoxy) is 3. The van der Waals surface area contributed by atoms with E-state index in [1.165, 1.54) is 7.11 Å². The van der Waals surface area contributed by atoms with E-state index in [-0.39, 0.29) is 18.9 Å². The Morgan fingerprint density at radius 2 is 1.92 bits per heavy atom. The van der Waals surface area contributed by atoms with Crippen LogP contribution in [0.3, 0.4) is 0 Å². The van der Waals surface area contributed by atoms with E-state index in [1.807, 2.05) is 17.5 Å². The highest BCUT2D eigenvalue weighted by molar-refractivity contribution is 7.09. The first-order chi connectivity index (χ1) is 11.6. The molecule has 0 aliphatic rings. The van der Waals surface area contributed by atoms with Gasteiger partial charge in [-0.1, -0.05) is 12.1 Å². The molecule has 1 aromatic carbocycles. The lowest BCUT2D eigenvalue weighted by atomic mass is 10.1. The van der Waals surface area contributed by atoms with E-state index in [0.29, 0.717) is 18.0 Å². The third kappa shape index (κ3) is 5.27. The van der Waals surface area contributed by atoms with Gasteiger partial charge in [0.1, 0.15) is 0 Å². The molecule has 0 saturated carbocycles. The Bertz CT molecular complexity index is 684. The molecule has 128 valence electrons. The molecule has 6 nitrogen and oxygen atoms in total. The second-order valence-corrected chi connectivity index (χ2v) is 5.92. The summed E-state index contributed by atoms with van der Waals surface area (Å²) in [4.78, 5) is 24.5. The molecule has 1 N–H and O–H groups in total. The molecule has 0 fully saturated rings. The summed E-state index contributed by atoms with van der Waals surface area (Å²) in [5, 5.41) is 4.63. The SMILES string of the molecule is COc1ccc(CC(=O)OCC(=O)NCc2cccs2)cc1OC. The quantitative estimate of drug-likeness (QED) is 0.740. The summed E-state index contributed by atoms with van der Waals surface area (Å²) in [5.41, 5.74) is 0.719. The molecule has 0 atom stereocenters. The standard InChI is InChI=1S/C17H19NO5S/c1-21-14-6-5-12(8-15(14)22-2)9-17(20)23-11-16(19)18-10-13-4-3-7-24-13/h3-8H,9-11H2,1-2H3,(H,18,19). The maximum Gasteiger partial charge on any atom is 0.310 e. The van der Waals surface area contributed by atoms with Crippen molar-refractivity contribution in [2.45, 2.75) is 13.0 Å². The van der Waals surface area contributed by atoms with Crippen molar-refractivity contribution in [2.24, 2.45) is 0 Å². The highest BCUT2D eigenvalue weighted by atomic mass is 32.1. The third-order valence-corrected chi connectivity index (χ3v) is 4.08. The molecule has 1 heterocycles. The highest BCUT2D eigenvalue weighted by Gasteiger charge is 2.11. The fourth-order valence-corrected chi connectivity index (χ4v) is 2.65. The average Bonchev–Trinajstić information content (AvgIpc) is 3.11. The number of carbonyl (C=O) groups is 2. The Labute approximate surface area is 144 Å². The number of hydrogen-bond donors (Lipinski definition) is 1. The summed E-state index contributed by atoms with van der Waals surface area (Å²) in [6.45, 7) is 0.140. The summed E-state index contributed by atoms with van der Waals surface area (Å²) in [7, 11) is 3.07. The predicted molar refractivity (Wildman–Crippen MR) is 90.4 cm³/mol. The number of rotatable bonds is 8. The summed E-state index contributed by atoms with van der Waals surface area (Å²) in [6, 6.07) is 9.01. The van der Waals surface area contributed by atoms with Crippen molar-refractivity contribution in [3.8, 4) is 11.5 Å². The maximum atomic E-state index is 11.8. The van der Waals surface area contributed by atoms with Crippen LogP contribution < -0.4 is 14.8 Å². The van der Waals surface area contributed by atoms with Gasteiger partial charge in [0.05, 0.1) is 27.2 Å². The first-order valence-electron chi connectivity index (χ1n) is 7.28. The topological polar surface area (TPSA) is 73.9 Å². The van der Waals surface area contributed by atoms with Crippen LogP contribution in [0.4, 0.5) is 0 Å². The van der Waals surface area contributed by atoms with Crippen molar-refractivity contribution in [3.63, 3.8) is 0 Å². The van der Waals surface area contributed by atoms with Crippen LogP contribution in [0, 0.1) is 0 Å². The van der Waals surface area contributed by atoms with E-state index in [9.17, 15) is 9.59 Å². The van der Waals surface area contributed by atoms with Gasteiger partial charge in [0.2, 0.25) is 0 Å². The van der Waals surface area contributed by atoms with Crippen molar-refractivity contribution in [1.82, 2.24) is 5.32 Å². The van der Waals surface area contributed by atoms with Gasteiger partial charge in [-0.15, -0.1) is 11.3 Å². The number of methoxy groups -OCH3 is 2. The molecule has 1 amide bonds. The van der Waals surface area contributed by atoms with Crippen LogP contribution in [0.5, 0.6) is 11.5 Å². The van der Waals surface area contributed by atoms with Crippen LogP contribution >= 0.6 is 11.3 Å². The molecule has 0 aliphatic heterocycles. The molecule has 0 aliphatic carbocycles. The molecule has 1 aromatic heterocycles. The van der Waals surface area contributed by atoms with Crippen LogP contribution in [0.2, 0.25) is 0 Å². The van der Waals surface area contributed by atoms with E-state index < -0.39 is 5.97 Å². The van der Waals surface area contributed by atoms with Gasteiger partial charge in [0, 0.05) is 4.88 Å². The number of benzene rings is 1.